The Bertz CT molecular complexity index is 232. The number of thiol groups is 1. The van der Waals surface area contributed by atoms with Gasteiger partial charge in [0.15, 0.2) is 5.16 Å². The standard InChI is InChI=1S/C7H12N2S2/c1-3-4-6-5-9(2)7(8-6)11-10/h5,10H,3-4H2,1-2H3. The van der Waals surface area contributed by atoms with Gasteiger partial charge in [-0.3, -0.25) is 0 Å². The topological polar surface area (TPSA) is 17.8 Å². The number of hydrogen-bond donors (Lipinski definition) is 1. The van der Waals surface area contributed by atoms with Gasteiger partial charge in [-0.05, 0) is 17.2 Å². The fourth-order valence-corrected chi connectivity index (χ4v) is 1.82. The van der Waals surface area contributed by atoms with Crippen molar-refractivity contribution in [1.29, 1.82) is 0 Å². The van der Waals surface area contributed by atoms with E-state index in [1.54, 1.807) is 0 Å². The first-order valence-electron chi connectivity index (χ1n) is 3.61. The SMILES string of the molecule is CCCc1cn(C)c(SS)n1. The minimum absolute atomic E-state index is 0.969. The van der Waals surface area contributed by atoms with Crippen LogP contribution < -0.4 is 0 Å². The molecule has 0 fully saturated rings. The van der Waals surface area contributed by atoms with E-state index in [0.29, 0.717) is 0 Å². The summed E-state index contributed by atoms with van der Waals surface area (Å²) in [6.45, 7) is 2.15. The van der Waals surface area contributed by atoms with Crippen LogP contribution in [-0.4, -0.2) is 9.55 Å². The van der Waals surface area contributed by atoms with Gasteiger partial charge in [0, 0.05) is 13.2 Å². The van der Waals surface area contributed by atoms with Crippen molar-refractivity contribution in [2.75, 3.05) is 0 Å². The van der Waals surface area contributed by atoms with E-state index in [-0.39, 0.29) is 0 Å². The number of rotatable bonds is 3. The zero-order chi connectivity index (χ0) is 8.27. The van der Waals surface area contributed by atoms with Crippen LogP contribution in [0.1, 0.15) is 19.0 Å². The average molecular weight is 188 g/mol. The summed E-state index contributed by atoms with van der Waals surface area (Å²) in [6, 6.07) is 0. The van der Waals surface area contributed by atoms with Gasteiger partial charge in [-0.25, -0.2) is 4.98 Å². The predicted octanol–water partition coefficient (Wildman–Crippen LogP) is 2.31. The monoisotopic (exact) mass is 188 g/mol. The van der Waals surface area contributed by atoms with Crippen molar-refractivity contribution in [1.82, 2.24) is 9.55 Å². The molecule has 62 valence electrons. The molecule has 1 heterocycles. The Morgan fingerprint density at radius 1 is 1.73 bits per heavy atom. The van der Waals surface area contributed by atoms with Gasteiger partial charge < -0.3 is 4.57 Å². The van der Waals surface area contributed by atoms with Crippen molar-refractivity contribution in [2.45, 2.75) is 24.9 Å². The lowest BCUT2D eigenvalue weighted by molar-refractivity contribution is 0.792. The van der Waals surface area contributed by atoms with Crippen LogP contribution in [-0.2, 0) is 13.5 Å². The van der Waals surface area contributed by atoms with Crippen LogP contribution in [0.2, 0.25) is 0 Å². The number of aryl methyl sites for hydroxylation is 2. The van der Waals surface area contributed by atoms with E-state index >= 15 is 0 Å². The van der Waals surface area contributed by atoms with E-state index in [4.69, 9.17) is 0 Å². The van der Waals surface area contributed by atoms with Crippen LogP contribution in [0, 0.1) is 0 Å². The number of aromatic nitrogens is 2. The molecular formula is C7H12N2S2. The summed E-state index contributed by atoms with van der Waals surface area (Å²) in [6.07, 6.45) is 4.26. The largest absolute Gasteiger partial charge is 0.328 e. The molecule has 0 bridgehead atoms. The Morgan fingerprint density at radius 2 is 2.45 bits per heavy atom. The molecular weight excluding hydrogens is 176 g/mol. The summed E-state index contributed by atoms with van der Waals surface area (Å²) < 4.78 is 2.00. The lowest BCUT2D eigenvalue weighted by atomic mass is 10.3. The van der Waals surface area contributed by atoms with Crippen molar-refractivity contribution in [3.8, 4) is 0 Å². The molecule has 11 heavy (non-hydrogen) atoms. The van der Waals surface area contributed by atoms with Crippen molar-refractivity contribution in [3.05, 3.63) is 11.9 Å². The predicted molar refractivity (Wildman–Crippen MR) is 52.0 cm³/mol. The summed E-state index contributed by atoms with van der Waals surface area (Å²) in [5, 5.41) is 0.969. The van der Waals surface area contributed by atoms with Crippen LogP contribution in [0.5, 0.6) is 0 Å². The molecule has 0 aliphatic carbocycles. The maximum Gasteiger partial charge on any atom is 0.178 e. The molecule has 4 heteroatoms. The van der Waals surface area contributed by atoms with Gasteiger partial charge in [0.1, 0.15) is 0 Å². The van der Waals surface area contributed by atoms with E-state index in [0.717, 1.165) is 23.7 Å². The second-order valence-corrected chi connectivity index (χ2v) is 3.56. The van der Waals surface area contributed by atoms with Crippen molar-refractivity contribution in [3.63, 3.8) is 0 Å². The zero-order valence-corrected chi connectivity index (χ0v) is 8.45. The van der Waals surface area contributed by atoms with Gasteiger partial charge in [-0.2, -0.15) is 0 Å². The van der Waals surface area contributed by atoms with Crippen molar-refractivity contribution < 1.29 is 0 Å². The Balaban J connectivity index is 2.77. The summed E-state index contributed by atoms with van der Waals surface area (Å²) in [7, 11) is 3.38. The third-order valence-corrected chi connectivity index (χ3v) is 2.50. The summed E-state index contributed by atoms with van der Waals surface area (Å²) in [5.41, 5.74) is 1.16. The molecule has 1 aromatic rings. The van der Waals surface area contributed by atoms with Crippen LogP contribution in [0.25, 0.3) is 0 Å². The number of hydrogen-bond acceptors (Lipinski definition) is 3. The van der Waals surface area contributed by atoms with Gasteiger partial charge in [-0.15, -0.1) is 11.7 Å². The first-order chi connectivity index (χ1) is 5.27. The average Bonchev–Trinajstić information content (AvgIpc) is 2.32. The molecule has 0 saturated heterocycles. The normalized spacial score (nSPS) is 10.5. The smallest absolute Gasteiger partial charge is 0.178 e. The van der Waals surface area contributed by atoms with Crippen LogP contribution >= 0.6 is 22.5 Å². The quantitative estimate of drug-likeness (QED) is 0.579. The van der Waals surface area contributed by atoms with Gasteiger partial charge >= 0.3 is 0 Å². The molecule has 0 atom stereocenters. The molecule has 0 aliphatic heterocycles. The van der Waals surface area contributed by atoms with Crippen LogP contribution in [0.15, 0.2) is 11.4 Å². The van der Waals surface area contributed by atoms with Crippen LogP contribution in [0.3, 0.4) is 0 Å². The summed E-state index contributed by atoms with van der Waals surface area (Å²) in [4.78, 5) is 4.37. The van der Waals surface area contributed by atoms with E-state index in [9.17, 15) is 0 Å². The van der Waals surface area contributed by atoms with Crippen molar-refractivity contribution >= 4 is 22.5 Å². The molecule has 0 amide bonds. The highest BCUT2D eigenvalue weighted by molar-refractivity contribution is 8.68. The third-order valence-electron chi connectivity index (χ3n) is 1.47. The van der Waals surface area contributed by atoms with E-state index in [1.807, 2.05) is 11.6 Å². The molecule has 0 aromatic carbocycles. The molecule has 2 nitrogen and oxygen atoms in total. The number of nitrogens with zero attached hydrogens (tertiary/aromatic N) is 2. The highest BCUT2D eigenvalue weighted by Crippen LogP contribution is 2.19. The van der Waals surface area contributed by atoms with E-state index in [2.05, 4.69) is 29.8 Å². The lowest BCUT2D eigenvalue weighted by Crippen LogP contribution is -1.84. The van der Waals surface area contributed by atoms with E-state index in [1.165, 1.54) is 10.8 Å². The molecule has 0 N–H and O–H groups in total. The molecule has 0 saturated carbocycles. The Hall–Kier alpha value is -0.0900. The minimum Gasteiger partial charge on any atom is -0.328 e. The zero-order valence-electron chi connectivity index (χ0n) is 6.74. The lowest BCUT2D eigenvalue weighted by Gasteiger charge is -1.91. The fraction of sp³-hybridized carbons (Fsp3) is 0.571. The highest BCUT2D eigenvalue weighted by Gasteiger charge is 2.02. The molecule has 0 aliphatic rings. The first-order valence-corrected chi connectivity index (χ1v) is 5.48. The Morgan fingerprint density at radius 3 is 2.91 bits per heavy atom. The molecule has 0 radical (unpaired) electrons. The molecule has 0 spiro atoms. The Labute approximate surface area is 76.2 Å². The fourth-order valence-electron chi connectivity index (χ4n) is 0.971. The van der Waals surface area contributed by atoms with Gasteiger partial charge in [0.25, 0.3) is 0 Å². The van der Waals surface area contributed by atoms with E-state index < -0.39 is 0 Å². The highest BCUT2D eigenvalue weighted by atomic mass is 33.1. The minimum atomic E-state index is 0.969. The van der Waals surface area contributed by atoms with Gasteiger partial charge in [-0.1, -0.05) is 13.3 Å². The van der Waals surface area contributed by atoms with Crippen molar-refractivity contribution in [2.24, 2.45) is 7.05 Å². The molecule has 1 rings (SSSR count). The maximum absolute atomic E-state index is 4.37. The summed E-state index contributed by atoms with van der Waals surface area (Å²) >= 11 is 4.09. The molecule has 0 unspecified atom stereocenters. The van der Waals surface area contributed by atoms with Crippen LogP contribution in [0.4, 0.5) is 0 Å². The first kappa shape index (κ1) is 9.00. The summed E-state index contributed by atoms with van der Waals surface area (Å²) in [5.74, 6) is 0. The van der Waals surface area contributed by atoms with Gasteiger partial charge in [0.2, 0.25) is 0 Å². The third kappa shape index (κ3) is 2.17. The second kappa shape index (κ2) is 4.07. The Kier molecular flexibility index (Phi) is 3.33. The molecule has 1 aromatic heterocycles. The number of imidazole rings is 1. The second-order valence-electron chi connectivity index (χ2n) is 2.47. The van der Waals surface area contributed by atoms with Gasteiger partial charge in [0.05, 0.1) is 5.69 Å². The maximum atomic E-state index is 4.37.